The van der Waals surface area contributed by atoms with Crippen LogP contribution in [-0.2, 0) is 0 Å². The summed E-state index contributed by atoms with van der Waals surface area (Å²) in [5.41, 5.74) is 11.6. The molecule has 1 unspecified atom stereocenters. The van der Waals surface area contributed by atoms with E-state index in [9.17, 15) is 0 Å². The minimum Gasteiger partial charge on any atom is -0.330 e. The molecular formula is C40H84N2. The third kappa shape index (κ3) is 37.9. The van der Waals surface area contributed by atoms with Gasteiger partial charge in [-0.1, -0.05) is 232 Å². The highest BCUT2D eigenvalue weighted by Gasteiger charge is 2.01. The first kappa shape index (κ1) is 41.9. The summed E-state index contributed by atoms with van der Waals surface area (Å²) >= 11 is 0. The summed E-state index contributed by atoms with van der Waals surface area (Å²) in [4.78, 5) is 0. The number of hydrogen-bond donors (Lipinski definition) is 2. The van der Waals surface area contributed by atoms with Gasteiger partial charge in [-0.15, -0.1) is 0 Å². The van der Waals surface area contributed by atoms with Crippen LogP contribution in [0.1, 0.15) is 244 Å². The molecule has 0 bridgehead atoms. The van der Waals surface area contributed by atoms with Gasteiger partial charge in [0.1, 0.15) is 0 Å². The average molecular weight is 593 g/mol. The summed E-state index contributed by atoms with van der Waals surface area (Å²) in [6, 6.07) is 0.336. The lowest BCUT2D eigenvalue weighted by Gasteiger charge is -2.09. The second-order valence-corrected chi connectivity index (χ2v) is 14.1. The van der Waals surface area contributed by atoms with Crippen LogP contribution in [0, 0.1) is 0 Å². The Bertz CT molecular complexity index is 451. The van der Waals surface area contributed by atoms with E-state index in [1.54, 1.807) is 0 Å². The van der Waals surface area contributed by atoms with Gasteiger partial charge in [0.2, 0.25) is 0 Å². The molecule has 0 aromatic rings. The highest BCUT2D eigenvalue weighted by atomic mass is 14.6. The first-order valence-electron chi connectivity index (χ1n) is 20.3. The minimum absolute atomic E-state index is 0.336. The van der Waals surface area contributed by atoms with Gasteiger partial charge >= 0.3 is 0 Å². The van der Waals surface area contributed by atoms with Crippen molar-refractivity contribution in [2.75, 3.05) is 6.54 Å². The van der Waals surface area contributed by atoms with E-state index in [-0.39, 0.29) is 0 Å². The SMILES string of the molecule is CCCCCCCCCCCCCCCCCCCCCCCCCCCCCCCCCCCCCC(N)CCN. The molecule has 0 saturated carbocycles. The molecule has 1 atom stereocenters. The van der Waals surface area contributed by atoms with E-state index in [1.165, 1.54) is 225 Å². The fourth-order valence-corrected chi connectivity index (χ4v) is 6.67. The van der Waals surface area contributed by atoms with Crippen molar-refractivity contribution >= 4 is 0 Å². The Balaban J connectivity index is 3.04. The third-order valence-electron chi connectivity index (χ3n) is 9.72. The summed E-state index contributed by atoms with van der Waals surface area (Å²) in [7, 11) is 0. The van der Waals surface area contributed by atoms with Gasteiger partial charge < -0.3 is 11.5 Å². The van der Waals surface area contributed by atoms with E-state index in [1.807, 2.05) is 0 Å². The van der Waals surface area contributed by atoms with Crippen LogP contribution in [0.3, 0.4) is 0 Å². The lowest BCUT2D eigenvalue weighted by atomic mass is 10.0. The standard InChI is InChI=1S/C40H84N2/c1-2-3-4-5-6-7-8-9-10-11-12-13-14-15-16-17-18-19-20-21-22-23-24-25-26-27-28-29-30-31-32-33-34-35-36-37-40(42)38-39-41/h40H,2-39,41-42H2,1H3. The van der Waals surface area contributed by atoms with Crippen LogP contribution in [0.4, 0.5) is 0 Å². The Morgan fingerprint density at radius 3 is 0.667 bits per heavy atom. The Kier molecular flexibility index (Phi) is 38.9. The van der Waals surface area contributed by atoms with Crippen molar-refractivity contribution in [2.45, 2.75) is 251 Å². The quantitative estimate of drug-likeness (QED) is 0.0700. The molecule has 0 aliphatic heterocycles. The van der Waals surface area contributed by atoms with E-state index in [0.29, 0.717) is 6.04 Å². The summed E-state index contributed by atoms with van der Waals surface area (Å²) in [5, 5.41) is 0. The number of rotatable bonds is 38. The molecule has 2 nitrogen and oxygen atoms in total. The predicted molar refractivity (Wildman–Crippen MR) is 194 cm³/mol. The molecule has 2 heteroatoms. The zero-order chi connectivity index (χ0) is 30.4. The van der Waals surface area contributed by atoms with Gasteiger partial charge in [0.05, 0.1) is 0 Å². The van der Waals surface area contributed by atoms with Crippen LogP contribution >= 0.6 is 0 Å². The smallest absolute Gasteiger partial charge is 0.00508 e. The second kappa shape index (κ2) is 38.9. The van der Waals surface area contributed by atoms with Crippen molar-refractivity contribution in [3.63, 3.8) is 0 Å². The van der Waals surface area contributed by atoms with Crippen LogP contribution in [0.2, 0.25) is 0 Å². The lowest BCUT2D eigenvalue weighted by Crippen LogP contribution is -2.23. The molecule has 0 aliphatic rings. The Hall–Kier alpha value is -0.0800. The van der Waals surface area contributed by atoms with Crippen LogP contribution in [0.5, 0.6) is 0 Å². The molecular weight excluding hydrogens is 508 g/mol. The molecule has 0 spiro atoms. The Labute approximate surface area is 268 Å². The summed E-state index contributed by atoms with van der Waals surface area (Å²) in [6.07, 6.45) is 53.4. The zero-order valence-corrected chi connectivity index (χ0v) is 29.6. The highest BCUT2D eigenvalue weighted by Crippen LogP contribution is 2.17. The van der Waals surface area contributed by atoms with Crippen molar-refractivity contribution in [3.05, 3.63) is 0 Å². The van der Waals surface area contributed by atoms with E-state index in [4.69, 9.17) is 11.5 Å². The molecule has 0 fully saturated rings. The summed E-state index contributed by atoms with van der Waals surface area (Å²) in [5.74, 6) is 0. The lowest BCUT2D eigenvalue weighted by molar-refractivity contribution is 0.502. The zero-order valence-electron chi connectivity index (χ0n) is 29.6. The van der Waals surface area contributed by atoms with Crippen molar-refractivity contribution < 1.29 is 0 Å². The highest BCUT2D eigenvalue weighted by molar-refractivity contribution is 4.61. The summed E-state index contributed by atoms with van der Waals surface area (Å²) in [6.45, 7) is 3.04. The average Bonchev–Trinajstić information content (AvgIpc) is 2.99. The van der Waals surface area contributed by atoms with E-state index >= 15 is 0 Å². The molecule has 0 heterocycles. The molecule has 0 rings (SSSR count). The number of unbranched alkanes of at least 4 members (excludes halogenated alkanes) is 34. The molecule has 0 amide bonds. The van der Waals surface area contributed by atoms with E-state index in [0.717, 1.165) is 19.4 Å². The topological polar surface area (TPSA) is 52.0 Å². The minimum atomic E-state index is 0.336. The van der Waals surface area contributed by atoms with Gasteiger partial charge in [-0.2, -0.15) is 0 Å². The Morgan fingerprint density at radius 2 is 0.476 bits per heavy atom. The molecule has 254 valence electrons. The largest absolute Gasteiger partial charge is 0.330 e. The van der Waals surface area contributed by atoms with Gasteiger partial charge in [-0.25, -0.2) is 0 Å². The van der Waals surface area contributed by atoms with E-state index in [2.05, 4.69) is 6.92 Å². The maximum Gasteiger partial charge on any atom is 0.00508 e. The monoisotopic (exact) mass is 593 g/mol. The fourth-order valence-electron chi connectivity index (χ4n) is 6.67. The molecule has 0 radical (unpaired) electrons. The number of nitrogens with two attached hydrogens (primary N) is 2. The van der Waals surface area contributed by atoms with Crippen molar-refractivity contribution in [1.82, 2.24) is 0 Å². The van der Waals surface area contributed by atoms with E-state index < -0.39 is 0 Å². The van der Waals surface area contributed by atoms with Gasteiger partial charge in [0.15, 0.2) is 0 Å². The Morgan fingerprint density at radius 1 is 0.286 bits per heavy atom. The number of hydrogen-bond acceptors (Lipinski definition) is 2. The fraction of sp³-hybridized carbons (Fsp3) is 1.00. The first-order chi connectivity index (χ1) is 20.8. The van der Waals surface area contributed by atoms with Crippen molar-refractivity contribution in [2.24, 2.45) is 11.5 Å². The first-order valence-corrected chi connectivity index (χ1v) is 20.3. The second-order valence-electron chi connectivity index (χ2n) is 14.1. The molecule has 0 saturated heterocycles. The van der Waals surface area contributed by atoms with Crippen LogP contribution in [0.15, 0.2) is 0 Å². The molecule has 42 heavy (non-hydrogen) atoms. The normalized spacial score (nSPS) is 12.4. The predicted octanol–water partition coefficient (Wildman–Crippen LogP) is 13.7. The van der Waals surface area contributed by atoms with Crippen molar-refractivity contribution in [3.8, 4) is 0 Å². The molecule has 0 aromatic carbocycles. The van der Waals surface area contributed by atoms with Crippen LogP contribution in [-0.4, -0.2) is 12.6 Å². The summed E-state index contributed by atoms with van der Waals surface area (Å²) < 4.78 is 0. The van der Waals surface area contributed by atoms with Crippen molar-refractivity contribution in [1.29, 1.82) is 0 Å². The van der Waals surface area contributed by atoms with Gasteiger partial charge in [-0.05, 0) is 19.4 Å². The third-order valence-corrected chi connectivity index (χ3v) is 9.72. The molecule has 0 aliphatic carbocycles. The van der Waals surface area contributed by atoms with Gasteiger partial charge in [-0.3, -0.25) is 0 Å². The van der Waals surface area contributed by atoms with Crippen LogP contribution < -0.4 is 11.5 Å². The van der Waals surface area contributed by atoms with Gasteiger partial charge in [0.25, 0.3) is 0 Å². The maximum absolute atomic E-state index is 6.02. The van der Waals surface area contributed by atoms with Gasteiger partial charge in [0, 0.05) is 6.04 Å². The molecule has 4 N–H and O–H groups in total. The molecule has 0 aromatic heterocycles. The van der Waals surface area contributed by atoms with Crippen LogP contribution in [0.25, 0.3) is 0 Å². The maximum atomic E-state index is 6.02.